The number of methoxy groups -OCH3 is 1. The van der Waals surface area contributed by atoms with Gasteiger partial charge in [0.05, 0.1) is 45.7 Å². The normalized spacial score (nSPS) is 22.5. The van der Waals surface area contributed by atoms with Crippen molar-refractivity contribution in [3.63, 3.8) is 0 Å². The summed E-state index contributed by atoms with van der Waals surface area (Å²) in [5.74, 6) is 0.460. The summed E-state index contributed by atoms with van der Waals surface area (Å²) in [5, 5.41) is -0.243. The lowest BCUT2D eigenvalue weighted by Gasteiger charge is -2.45. The molecule has 1 amide bonds. The molecule has 13 heteroatoms. The third kappa shape index (κ3) is 5.24. The number of rotatable bonds is 3. The fraction of sp³-hybridized carbons (Fsp3) is 0.625. The Balaban J connectivity index is 1.85. The molecule has 0 N–H and O–H groups in total. The average molecular weight is 563 g/mol. The van der Waals surface area contributed by atoms with E-state index in [0.29, 0.717) is 11.3 Å². The first-order valence-corrected chi connectivity index (χ1v) is 13.2. The van der Waals surface area contributed by atoms with Crippen molar-refractivity contribution in [1.82, 2.24) is 14.5 Å². The van der Waals surface area contributed by atoms with Crippen LogP contribution in [-0.2, 0) is 15.7 Å². The molecule has 0 radical (unpaired) electrons. The largest absolute Gasteiger partial charge is 0.444 e. The number of piperazine rings is 1. The van der Waals surface area contributed by atoms with Gasteiger partial charge in [-0.05, 0) is 40.7 Å². The van der Waals surface area contributed by atoms with Crippen molar-refractivity contribution in [2.75, 3.05) is 37.5 Å². The Bertz CT molecular complexity index is 1270. The van der Waals surface area contributed by atoms with Gasteiger partial charge in [-0.15, -0.1) is 11.8 Å². The summed E-state index contributed by atoms with van der Waals surface area (Å²) in [6.45, 7) is 9.69. The first kappa shape index (κ1) is 27.8. The number of aromatic nitrogens is 2. The highest BCUT2D eigenvalue weighted by Gasteiger charge is 2.40. The molecule has 0 saturated carbocycles. The molecule has 2 aromatic rings. The third-order valence-electron chi connectivity index (χ3n) is 6.36. The van der Waals surface area contributed by atoms with E-state index in [1.54, 1.807) is 30.6 Å². The van der Waals surface area contributed by atoms with E-state index in [0.717, 1.165) is 6.07 Å². The lowest BCUT2D eigenvalue weighted by Crippen LogP contribution is -2.60. The molecule has 3 unspecified atom stereocenters. The monoisotopic (exact) mass is 562 g/mol. The number of halogens is 4. The Hall–Kier alpha value is -2.18. The van der Waals surface area contributed by atoms with Crippen LogP contribution in [0.25, 0.3) is 10.9 Å². The van der Waals surface area contributed by atoms with Crippen LogP contribution >= 0.6 is 23.4 Å². The fourth-order valence-electron chi connectivity index (χ4n) is 4.99. The average Bonchev–Trinajstić information content (AvgIpc) is 2.75. The summed E-state index contributed by atoms with van der Waals surface area (Å²) in [6, 6.07) is -0.135. The second-order valence-corrected chi connectivity index (χ2v) is 11.9. The Morgan fingerprint density at radius 3 is 2.38 bits per heavy atom. The summed E-state index contributed by atoms with van der Waals surface area (Å²) >= 11 is 7.44. The number of carbonyl (C=O) groups is 1. The number of thioether (sulfide) groups is 1. The van der Waals surface area contributed by atoms with E-state index in [1.807, 2.05) is 13.8 Å². The zero-order chi connectivity index (χ0) is 27.4. The van der Waals surface area contributed by atoms with Gasteiger partial charge in [0.2, 0.25) is 0 Å². The number of nitrogens with zero attached hydrogens (tertiary/aromatic N) is 4. The highest BCUT2D eigenvalue weighted by Crippen LogP contribution is 2.48. The zero-order valence-corrected chi connectivity index (χ0v) is 23.1. The molecular formula is C24H30ClF3N4O4S. The van der Waals surface area contributed by atoms with E-state index in [-0.39, 0.29) is 47.9 Å². The molecule has 1 fully saturated rings. The third-order valence-corrected chi connectivity index (χ3v) is 8.10. The van der Waals surface area contributed by atoms with Gasteiger partial charge in [0.25, 0.3) is 0 Å². The number of amides is 1. The predicted molar refractivity (Wildman–Crippen MR) is 137 cm³/mol. The molecule has 2 aliphatic heterocycles. The smallest absolute Gasteiger partial charge is 0.417 e. The molecule has 2 aliphatic rings. The van der Waals surface area contributed by atoms with Gasteiger partial charge >= 0.3 is 18.0 Å². The quantitative estimate of drug-likeness (QED) is 0.509. The maximum atomic E-state index is 14.0. The van der Waals surface area contributed by atoms with Gasteiger partial charge in [-0.1, -0.05) is 11.6 Å². The van der Waals surface area contributed by atoms with E-state index < -0.39 is 40.2 Å². The molecule has 1 saturated heterocycles. The van der Waals surface area contributed by atoms with E-state index >= 15 is 0 Å². The van der Waals surface area contributed by atoms with Crippen LogP contribution in [-0.4, -0.2) is 70.8 Å². The molecular weight excluding hydrogens is 533 g/mol. The first-order chi connectivity index (χ1) is 17.1. The SMILES string of the molecule is COCC1CSc2c(Cl)c(C(F)(F)F)cc3c(N4CC(C)N(C(=O)OC(C)(C)C)C(C)C4)nc(=O)n1c23. The van der Waals surface area contributed by atoms with Crippen LogP contribution in [0.4, 0.5) is 23.8 Å². The molecule has 3 heterocycles. The number of hydrogen-bond acceptors (Lipinski definition) is 7. The van der Waals surface area contributed by atoms with E-state index in [4.69, 9.17) is 21.1 Å². The van der Waals surface area contributed by atoms with Crippen LogP contribution in [0.3, 0.4) is 0 Å². The van der Waals surface area contributed by atoms with Gasteiger partial charge in [-0.2, -0.15) is 18.2 Å². The van der Waals surface area contributed by atoms with Gasteiger partial charge in [-0.25, -0.2) is 9.59 Å². The fourth-order valence-corrected chi connectivity index (χ4v) is 6.59. The van der Waals surface area contributed by atoms with E-state index in [1.165, 1.54) is 23.4 Å². The van der Waals surface area contributed by atoms with Gasteiger partial charge in [-0.3, -0.25) is 9.47 Å². The molecule has 0 bridgehead atoms. The second kappa shape index (κ2) is 9.85. The van der Waals surface area contributed by atoms with Crippen LogP contribution < -0.4 is 10.6 Å². The van der Waals surface area contributed by atoms with E-state index in [9.17, 15) is 22.8 Å². The molecule has 0 aliphatic carbocycles. The maximum Gasteiger partial charge on any atom is 0.417 e. The number of anilines is 1. The highest BCUT2D eigenvalue weighted by atomic mass is 35.5. The lowest BCUT2D eigenvalue weighted by atomic mass is 10.1. The molecule has 8 nitrogen and oxygen atoms in total. The first-order valence-electron chi connectivity index (χ1n) is 11.9. The lowest BCUT2D eigenvalue weighted by molar-refractivity contribution is -0.137. The van der Waals surface area contributed by atoms with Crippen LogP contribution in [0.15, 0.2) is 15.8 Å². The minimum absolute atomic E-state index is 0.140. The number of hydrogen-bond donors (Lipinski definition) is 0. The molecule has 1 aromatic carbocycles. The van der Waals surface area contributed by atoms with Gasteiger partial charge in [0.1, 0.15) is 11.4 Å². The van der Waals surface area contributed by atoms with Gasteiger partial charge in [0.15, 0.2) is 0 Å². The summed E-state index contributed by atoms with van der Waals surface area (Å²) in [4.78, 5) is 34.0. The Morgan fingerprint density at radius 1 is 1.22 bits per heavy atom. The standard InChI is InChI=1S/C24H30ClF3N4O4S/c1-12-8-30(9-13(2)31(12)22(34)36-23(3,4)5)20-15-7-16(24(26,27)28)17(25)19-18(15)32(21(33)29-20)14(10-35-6)11-37-19/h7,12-14H,8-11H2,1-6H3. The highest BCUT2D eigenvalue weighted by molar-refractivity contribution is 7.99. The van der Waals surface area contributed by atoms with Gasteiger partial charge in [0, 0.05) is 31.3 Å². The van der Waals surface area contributed by atoms with Crippen molar-refractivity contribution in [1.29, 1.82) is 0 Å². The van der Waals surface area contributed by atoms with Crippen molar-refractivity contribution >= 4 is 46.2 Å². The molecule has 204 valence electrons. The van der Waals surface area contributed by atoms with Crippen molar-refractivity contribution in [3.05, 3.63) is 27.1 Å². The van der Waals surface area contributed by atoms with Crippen LogP contribution in [0.2, 0.25) is 5.02 Å². The number of ether oxygens (including phenoxy) is 2. The molecule has 37 heavy (non-hydrogen) atoms. The van der Waals surface area contributed by atoms with Crippen LogP contribution in [0.1, 0.15) is 46.2 Å². The zero-order valence-electron chi connectivity index (χ0n) is 21.5. The van der Waals surface area contributed by atoms with Crippen molar-refractivity contribution in [2.45, 2.75) is 69.4 Å². The summed E-state index contributed by atoms with van der Waals surface area (Å²) in [5.41, 5.74) is -1.92. The Morgan fingerprint density at radius 2 is 1.84 bits per heavy atom. The van der Waals surface area contributed by atoms with Gasteiger partial charge < -0.3 is 14.4 Å². The number of alkyl halides is 3. The number of carbonyl (C=O) groups excluding carboxylic acids is 1. The summed E-state index contributed by atoms with van der Waals surface area (Å²) in [7, 11) is 1.50. The molecule has 0 spiro atoms. The Kier molecular flexibility index (Phi) is 7.41. The van der Waals surface area contributed by atoms with Crippen molar-refractivity contribution in [2.24, 2.45) is 0 Å². The second-order valence-electron chi connectivity index (χ2n) is 10.5. The topological polar surface area (TPSA) is 76.9 Å². The summed E-state index contributed by atoms with van der Waals surface area (Å²) in [6.07, 6.45) is -5.16. The minimum atomic E-state index is -4.69. The van der Waals surface area contributed by atoms with Crippen molar-refractivity contribution < 1.29 is 27.4 Å². The Labute approximate surface area is 222 Å². The van der Waals surface area contributed by atoms with Crippen molar-refractivity contribution in [3.8, 4) is 0 Å². The van der Waals surface area contributed by atoms with Crippen LogP contribution in [0, 0.1) is 0 Å². The molecule has 4 rings (SSSR count). The molecule has 1 aromatic heterocycles. The van der Waals surface area contributed by atoms with E-state index in [2.05, 4.69) is 4.98 Å². The maximum absolute atomic E-state index is 14.0. The summed E-state index contributed by atoms with van der Waals surface area (Å²) < 4.78 is 54.2. The minimum Gasteiger partial charge on any atom is -0.444 e. The number of benzene rings is 1. The predicted octanol–water partition coefficient (Wildman–Crippen LogP) is 5.20. The van der Waals surface area contributed by atoms with Crippen LogP contribution in [0.5, 0.6) is 0 Å². The molecule has 3 atom stereocenters.